The minimum atomic E-state index is -0.973. The van der Waals surface area contributed by atoms with Gasteiger partial charge >= 0.3 is 0 Å². The van der Waals surface area contributed by atoms with Crippen LogP contribution in [0.1, 0.15) is 11.1 Å². The fourth-order valence-electron chi connectivity index (χ4n) is 2.30. The highest BCUT2D eigenvalue weighted by Gasteiger charge is 2.12. The first-order valence-corrected chi connectivity index (χ1v) is 6.82. The van der Waals surface area contributed by atoms with E-state index in [4.69, 9.17) is 5.26 Å². The van der Waals surface area contributed by atoms with Crippen LogP contribution in [0.3, 0.4) is 0 Å². The summed E-state index contributed by atoms with van der Waals surface area (Å²) < 4.78 is 26.5. The Labute approximate surface area is 130 Å². The lowest BCUT2D eigenvalue weighted by Gasteiger charge is -2.04. The van der Waals surface area contributed by atoms with Crippen molar-refractivity contribution in [3.05, 3.63) is 65.4 Å². The molecule has 0 saturated heterocycles. The Balaban J connectivity index is 1.77. The lowest BCUT2D eigenvalue weighted by Crippen LogP contribution is -2.14. The van der Waals surface area contributed by atoms with Crippen molar-refractivity contribution in [3.8, 4) is 6.07 Å². The third-order valence-corrected chi connectivity index (χ3v) is 3.44. The molecule has 2 N–H and O–H groups in total. The van der Waals surface area contributed by atoms with Gasteiger partial charge in [0.1, 0.15) is 0 Å². The minimum Gasteiger partial charge on any atom is -0.359 e. The summed E-state index contributed by atoms with van der Waals surface area (Å²) in [6, 6.07) is 10.7. The van der Waals surface area contributed by atoms with E-state index in [-0.39, 0.29) is 12.3 Å². The van der Waals surface area contributed by atoms with Crippen LogP contribution in [0.25, 0.3) is 10.9 Å². The molecule has 0 radical (unpaired) electrons. The van der Waals surface area contributed by atoms with Crippen molar-refractivity contribution in [2.75, 3.05) is 5.32 Å². The number of benzene rings is 2. The number of nitriles is 1. The molecule has 0 fully saturated rings. The maximum atomic E-state index is 13.3. The van der Waals surface area contributed by atoms with E-state index >= 15 is 0 Å². The summed E-state index contributed by atoms with van der Waals surface area (Å²) in [5, 5.41) is 11.8. The molecule has 0 unspecified atom stereocenters. The number of nitrogens with one attached hydrogen (secondary N) is 2. The number of fused-ring (bicyclic) bond motifs is 1. The standard InChI is InChI=1S/C17H11F2N3O/c18-13-6-12-15(7-14(13)19)21-9-16(12)22-17(23)5-10-1-3-11(8-20)4-2-10/h1-4,6-7,9,21H,5H2,(H,22,23). The van der Waals surface area contributed by atoms with Crippen molar-refractivity contribution in [3.63, 3.8) is 0 Å². The van der Waals surface area contributed by atoms with E-state index in [1.807, 2.05) is 6.07 Å². The van der Waals surface area contributed by atoms with Gasteiger partial charge in [-0.05, 0) is 23.8 Å². The first kappa shape index (κ1) is 14.7. The van der Waals surface area contributed by atoms with E-state index < -0.39 is 11.6 Å². The van der Waals surface area contributed by atoms with Gasteiger partial charge in [-0.2, -0.15) is 5.26 Å². The fraction of sp³-hybridized carbons (Fsp3) is 0.0588. The highest BCUT2D eigenvalue weighted by atomic mass is 19.2. The summed E-state index contributed by atoms with van der Waals surface area (Å²) in [4.78, 5) is 14.9. The van der Waals surface area contributed by atoms with Gasteiger partial charge in [0, 0.05) is 17.6 Å². The number of carbonyl (C=O) groups excluding carboxylic acids is 1. The van der Waals surface area contributed by atoms with Crippen molar-refractivity contribution in [2.24, 2.45) is 0 Å². The Kier molecular flexibility index (Phi) is 3.77. The van der Waals surface area contributed by atoms with Gasteiger partial charge in [0.15, 0.2) is 11.6 Å². The Morgan fingerprint density at radius 2 is 1.87 bits per heavy atom. The number of anilines is 1. The largest absolute Gasteiger partial charge is 0.359 e. The van der Waals surface area contributed by atoms with Gasteiger partial charge in [-0.3, -0.25) is 4.79 Å². The second kappa shape index (κ2) is 5.89. The number of amides is 1. The molecule has 0 aliphatic rings. The molecular weight excluding hydrogens is 300 g/mol. The quantitative estimate of drug-likeness (QED) is 0.777. The van der Waals surface area contributed by atoms with Crippen LogP contribution in [0.15, 0.2) is 42.6 Å². The van der Waals surface area contributed by atoms with Gasteiger partial charge in [-0.15, -0.1) is 0 Å². The monoisotopic (exact) mass is 311 g/mol. The van der Waals surface area contributed by atoms with Crippen LogP contribution in [0.4, 0.5) is 14.5 Å². The molecule has 2 aromatic carbocycles. The number of hydrogen-bond donors (Lipinski definition) is 2. The van der Waals surface area contributed by atoms with Crippen LogP contribution in [-0.2, 0) is 11.2 Å². The van der Waals surface area contributed by atoms with Crippen LogP contribution in [-0.4, -0.2) is 10.9 Å². The van der Waals surface area contributed by atoms with E-state index in [1.54, 1.807) is 24.3 Å². The number of halogens is 2. The first-order valence-electron chi connectivity index (χ1n) is 6.82. The number of nitrogens with zero attached hydrogens (tertiary/aromatic N) is 1. The average molecular weight is 311 g/mol. The van der Waals surface area contributed by atoms with Crippen LogP contribution < -0.4 is 5.32 Å². The van der Waals surface area contributed by atoms with Gasteiger partial charge in [0.2, 0.25) is 5.91 Å². The normalized spacial score (nSPS) is 10.5. The molecular formula is C17H11F2N3O. The SMILES string of the molecule is N#Cc1ccc(CC(=O)Nc2c[nH]c3cc(F)c(F)cc23)cc1. The Morgan fingerprint density at radius 1 is 1.17 bits per heavy atom. The number of carbonyl (C=O) groups is 1. The molecule has 1 heterocycles. The third kappa shape index (κ3) is 3.04. The zero-order valence-corrected chi connectivity index (χ0v) is 11.9. The molecule has 0 atom stereocenters. The van der Waals surface area contributed by atoms with Gasteiger partial charge < -0.3 is 10.3 Å². The van der Waals surface area contributed by atoms with Gasteiger partial charge in [0.25, 0.3) is 0 Å². The van der Waals surface area contributed by atoms with Crippen molar-refractivity contribution in [2.45, 2.75) is 6.42 Å². The summed E-state index contributed by atoms with van der Waals surface area (Å²) in [6.07, 6.45) is 1.60. The van der Waals surface area contributed by atoms with E-state index in [0.29, 0.717) is 22.2 Å². The Hall–Kier alpha value is -3.20. The minimum absolute atomic E-state index is 0.113. The molecule has 6 heteroatoms. The smallest absolute Gasteiger partial charge is 0.228 e. The molecule has 1 aromatic heterocycles. The van der Waals surface area contributed by atoms with Crippen molar-refractivity contribution in [1.29, 1.82) is 5.26 Å². The van der Waals surface area contributed by atoms with Gasteiger partial charge in [0.05, 0.1) is 29.3 Å². The van der Waals surface area contributed by atoms with Crippen molar-refractivity contribution < 1.29 is 13.6 Å². The Bertz CT molecular complexity index is 923. The highest BCUT2D eigenvalue weighted by molar-refractivity contribution is 6.02. The van der Waals surface area contributed by atoms with Crippen molar-refractivity contribution >= 4 is 22.5 Å². The molecule has 3 rings (SSSR count). The van der Waals surface area contributed by atoms with E-state index in [2.05, 4.69) is 10.3 Å². The molecule has 4 nitrogen and oxygen atoms in total. The predicted octanol–water partition coefficient (Wildman–Crippen LogP) is 3.50. The van der Waals surface area contributed by atoms with Crippen LogP contribution in [0, 0.1) is 23.0 Å². The second-order valence-corrected chi connectivity index (χ2v) is 5.05. The lowest BCUT2D eigenvalue weighted by atomic mass is 10.1. The average Bonchev–Trinajstić information content (AvgIpc) is 2.90. The first-order chi connectivity index (χ1) is 11.1. The fourth-order valence-corrected chi connectivity index (χ4v) is 2.30. The predicted molar refractivity (Wildman–Crippen MR) is 81.7 cm³/mol. The summed E-state index contributed by atoms with van der Waals surface area (Å²) in [5.74, 6) is -2.21. The van der Waals surface area contributed by atoms with Gasteiger partial charge in [-0.25, -0.2) is 8.78 Å². The van der Waals surface area contributed by atoms with Crippen LogP contribution in [0.5, 0.6) is 0 Å². The summed E-state index contributed by atoms with van der Waals surface area (Å²) in [6.45, 7) is 0. The van der Waals surface area contributed by atoms with E-state index in [0.717, 1.165) is 17.7 Å². The number of H-pyrrole nitrogens is 1. The Morgan fingerprint density at radius 3 is 2.57 bits per heavy atom. The summed E-state index contributed by atoms with van der Waals surface area (Å²) in [5.41, 5.74) is 2.05. The van der Waals surface area contributed by atoms with Crippen LogP contribution in [0.2, 0.25) is 0 Å². The number of hydrogen-bond acceptors (Lipinski definition) is 2. The molecule has 0 spiro atoms. The maximum absolute atomic E-state index is 13.3. The molecule has 1 amide bonds. The summed E-state index contributed by atoms with van der Waals surface area (Å²) >= 11 is 0. The van der Waals surface area contributed by atoms with Crippen molar-refractivity contribution in [1.82, 2.24) is 4.98 Å². The second-order valence-electron chi connectivity index (χ2n) is 5.05. The van der Waals surface area contributed by atoms with E-state index in [1.165, 1.54) is 6.20 Å². The molecule has 114 valence electrons. The zero-order valence-electron chi connectivity index (χ0n) is 11.9. The zero-order chi connectivity index (χ0) is 16.4. The summed E-state index contributed by atoms with van der Waals surface area (Å²) in [7, 11) is 0. The molecule has 0 aliphatic heterocycles. The third-order valence-electron chi connectivity index (χ3n) is 3.44. The van der Waals surface area contributed by atoms with Gasteiger partial charge in [-0.1, -0.05) is 12.1 Å². The molecule has 0 saturated carbocycles. The number of rotatable bonds is 3. The molecule has 0 bridgehead atoms. The number of aromatic amines is 1. The maximum Gasteiger partial charge on any atom is 0.228 e. The highest BCUT2D eigenvalue weighted by Crippen LogP contribution is 2.25. The molecule has 0 aliphatic carbocycles. The topological polar surface area (TPSA) is 68.7 Å². The number of aromatic nitrogens is 1. The lowest BCUT2D eigenvalue weighted by molar-refractivity contribution is -0.115. The van der Waals surface area contributed by atoms with E-state index in [9.17, 15) is 13.6 Å². The van der Waals surface area contributed by atoms with Crippen LogP contribution >= 0.6 is 0 Å². The molecule has 23 heavy (non-hydrogen) atoms. The molecule has 3 aromatic rings.